The maximum atomic E-state index is 12.1. The summed E-state index contributed by atoms with van der Waals surface area (Å²) in [6, 6.07) is 16.7. The van der Waals surface area contributed by atoms with Gasteiger partial charge in [-0.1, -0.05) is 42.5 Å². The summed E-state index contributed by atoms with van der Waals surface area (Å²) in [7, 11) is 0. The molecule has 0 fully saturated rings. The number of hydrogen-bond acceptors (Lipinski definition) is 4. The summed E-state index contributed by atoms with van der Waals surface area (Å²) in [5, 5.41) is 9.81. The van der Waals surface area contributed by atoms with Crippen molar-refractivity contribution in [2.45, 2.75) is 32.5 Å². The molecule has 7 heteroatoms. The second kappa shape index (κ2) is 9.45. The number of carbonyl (C=O) groups is 2. The first-order chi connectivity index (χ1) is 13.6. The lowest BCUT2D eigenvalue weighted by atomic mass is 10.1. The van der Waals surface area contributed by atoms with Gasteiger partial charge in [0.15, 0.2) is 0 Å². The van der Waals surface area contributed by atoms with Gasteiger partial charge in [-0.05, 0) is 30.2 Å². The van der Waals surface area contributed by atoms with Gasteiger partial charge in [0.1, 0.15) is 12.7 Å². The van der Waals surface area contributed by atoms with Crippen molar-refractivity contribution in [1.82, 2.24) is 25.4 Å². The van der Waals surface area contributed by atoms with E-state index < -0.39 is 0 Å². The molecule has 0 spiro atoms. The van der Waals surface area contributed by atoms with Gasteiger partial charge in [0.05, 0.1) is 6.54 Å². The van der Waals surface area contributed by atoms with Crippen LogP contribution in [0.3, 0.4) is 0 Å². The highest BCUT2D eigenvalue weighted by Crippen LogP contribution is 2.06. The van der Waals surface area contributed by atoms with Crippen molar-refractivity contribution in [3.05, 3.63) is 83.9 Å². The molecule has 0 bridgehead atoms. The molecular formula is C21H23N5O2. The van der Waals surface area contributed by atoms with E-state index in [-0.39, 0.29) is 24.3 Å². The number of hydrogen-bond donors (Lipinski definition) is 2. The van der Waals surface area contributed by atoms with Gasteiger partial charge >= 0.3 is 0 Å². The van der Waals surface area contributed by atoms with Crippen molar-refractivity contribution in [1.29, 1.82) is 0 Å². The van der Waals surface area contributed by atoms with Crippen molar-refractivity contribution >= 4 is 11.8 Å². The molecule has 0 radical (unpaired) electrons. The van der Waals surface area contributed by atoms with Crippen LogP contribution in [0.4, 0.5) is 0 Å². The lowest BCUT2D eigenvalue weighted by Crippen LogP contribution is -2.37. The topological polar surface area (TPSA) is 88.9 Å². The van der Waals surface area contributed by atoms with Gasteiger partial charge in [-0.25, -0.2) is 9.67 Å². The number of aromatic nitrogens is 3. The van der Waals surface area contributed by atoms with Crippen LogP contribution in [0.1, 0.15) is 34.8 Å². The Morgan fingerprint density at radius 3 is 2.43 bits per heavy atom. The summed E-state index contributed by atoms with van der Waals surface area (Å²) >= 11 is 0. The number of rotatable bonds is 8. The second-order valence-corrected chi connectivity index (χ2v) is 6.63. The highest BCUT2D eigenvalue weighted by Gasteiger charge is 2.13. The normalized spacial score (nSPS) is 11.6. The Morgan fingerprint density at radius 1 is 1.04 bits per heavy atom. The summed E-state index contributed by atoms with van der Waals surface area (Å²) in [6.07, 6.45) is 3.40. The molecule has 3 rings (SSSR count). The molecule has 2 aromatic carbocycles. The van der Waals surface area contributed by atoms with E-state index in [0.717, 1.165) is 11.1 Å². The van der Waals surface area contributed by atoms with Gasteiger partial charge in [0.2, 0.25) is 5.91 Å². The number of amides is 2. The second-order valence-electron chi connectivity index (χ2n) is 6.63. The van der Waals surface area contributed by atoms with Crippen LogP contribution >= 0.6 is 0 Å². The molecule has 1 unspecified atom stereocenters. The first-order valence-corrected chi connectivity index (χ1v) is 9.13. The molecule has 1 aromatic heterocycles. The quantitative estimate of drug-likeness (QED) is 0.630. The molecule has 1 atom stereocenters. The van der Waals surface area contributed by atoms with Gasteiger partial charge in [-0.15, -0.1) is 0 Å². The van der Waals surface area contributed by atoms with Gasteiger partial charge in [0.25, 0.3) is 5.91 Å². The lowest BCUT2D eigenvalue weighted by Gasteiger charge is -2.14. The Kier molecular flexibility index (Phi) is 6.51. The molecule has 28 heavy (non-hydrogen) atoms. The Hall–Kier alpha value is -3.48. The van der Waals surface area contributed by atoms with Crippen LogP contribution in [0.5, 0.6) is 0 Å². The predicted octanol–water partition coefficient (Wildman–Crippen LogP) is 2.15. The molecule has 1 heterocycles. The Bertz CT molecular complexity index is 892. The zero-order valence-electron chi connectivity index (χ0n) is 15.7. The number of nitrogens with one attached hydrogen (secondary N) is 2. The fourth-order valence-corrected chi connectivity index (χ4v) is 2.76. The molecule has 0 saturated heterocycles. The number of carbonyl (C=O) groups excluding carboxylic acids is 2. The van der Waals surface area contributed by atoms with Crippen LogP contribution in [0.15, 0.2) is 67.3 Å². The molecule has 0 aliphatic rings. The van der Waals surface area contributed by atoms with Gasteiger partial charge in [-0.2, -0.15) is 5.10 Å². The fraction of sp³-hybridized carbons (Fsp3) is 0.238. The molecule has 2 amide bonds. The standard InChI is InChI=1S/C21H23N5O2/c1-16(25-21(28)19-5-3-2-4-6-19)11-20(27)23-12-17-7-9-18(10-8-17)13-26-15-22-14-24-26/h2-10,14-16H,11-13H2,1H3,(H,23,27)(H,25,28). The zero-order valence-corrected chi connectivity index (χ0v) is 15.7. The summed E-state index contributed by atoms with van der Waals surface area (Å²) < 4.78 is 1.75. The van der Waals surface area contributed by atoms with Gasteiger partial charge in [0, 0.05) is 24.6 Å². The third kappa shape index (κ3) is 5.77. The maximum absolute atomic E-state index is 12.1. The van der Waals surface area contributed by atoms with Crippen LogP contribution in [-0.4, -0.2) is 32.6 Å². The van der Waals surface area contributed by atoms with E-state index in [1.54, 1.807) is 23.1 Å². The van der Waals surface area contributed by atoms with Gasteiger partial charge < -0.3 is 10.6 Å². The van der Waals surface area contributed by atoms with E-state index in [1.807, 2.05) is 49.4 Å². The molecule has 0 aliphatic heterocycles. The maximum Gasteiger partial charge on any atom is 0.251 e. The van der Waals surface area contributed by atoms with E-state index in [1.165, 1.54) is 6.33 Å². The van der Waals surface area contributed by atoms with Crippen LogP contribution in [0, 0.1) is 0 Å². The Balaban J connectivity index is 1.41. The van der Waals surface area contributed by atoms with Crippen LogP contribution < -0.4 is 10.6 Å². The first kappa shape index (κ1) is 19.3. The molecular weight excluding hydrogens is 354 g/mol. The SMILES string of the molecule is CC(CC(=O)NCc1ccc(Cn2cncn2)cc1)NC(=O)c1ccccc1. The Morgan fingerprint density at radius 2 is 1.75 bits per heavy atom. The van der Waals surface area contributed by atoms with Crippen molar-refractivity contribution in [2.75, 3.05) is 0 Å². The largest absolute Gasteiger partial charge is 0.352 e. The van der Waals surface area contributed by atoms with Crippen molar-refractivity contribution in [3.63, 3.8) is 0 Å². The average Bonchev–Trinajstić information content (AvgIpc) is 3.21. The molecule has 3 aromatic rings. The number of nitrogens with zero attached hydrogens (tertiary/aromatic N) is 3. The van der Waals surface area contributed by atoms with E-state index in [2.05, 4.69) is 20.7 Å². The third-order valence-corrected chi connectivity index (χ3v) is 4.23. The van der Waals surface area contributed by atoms with Crippen LogP contribution in [0.25, 0.3) is 0 Å². The first-order valence-electron chi connectivity index (χ1n) is 9.13. The van der Waals surface area contributed by atoms with Crippen molar-refractivity contribution in [3.8, 4) is 0 Å². The molecule has 2 N–H and O–H groups in total. The molecule has 0 aliphatic carbocycles. The fourth-order valence-electron chi connectivity index (χ4n) is 2.76. The lowest BCUT2D eigenvalue weighted by molar-refractivity contribution is -0.121. The molecule has 7 nitrogen and oxygen atoms in total. The minimum atomic E-state index is -0.252. The highest BCUT2D eigenvalue weighted by atomic mass is 16.2. The van der Waals surface area contributed by atoms with E-state index in [0.29, 0.717) is 18.7 Å². The van der Waals surface area contributed by atoms with Crippen molar-refractivity contribution in [2.24, 2.45) is 0 Å². The minimum absolute atomic E-state index is 0.104. The Labute approximate surface area is 163 Å². The zero-order chi connectivity index (χ0) is 19.8. The summed E-state index contributed by atoms with van der Waals surface area (Å²) in [4.78, 5) is 28.2. The van der Waals surface area contributed by atoms with E-state index in [4.69, 9.17) is 0 Å². The van der Waals surface area contributed by atoms with Crippen LogP contribution in [-0.2, 0) is 17.9 Å². The van der Waals surface area contributed by atoms with E-state index in [9.17, 15) is 9.59 Å². The van der Waals surface area contributed by atoms with Crippen molar-refractivity contribution < 1.29 is 9.59 Å². The monoisotopic (exact) mass is 377 g/mol. The average molecular weight is 377 g/mol. The smallest absolute Gasteiger partial charge is 0.251 e. The minimum Gasteiger partial charge on any atom is -0.352 e. The highest BCUT2D eigenvalue weighted by molar-refractivity contribution is 5.94. The van der Waals surface area contributed by atoms with Gasteiger partial charge in [-0.3, -0.25) is 9.59 Å². The summed E-state index contributed by atoms with van der Waals surface area (Å²) in [5.74, 6) is -0.281. The third-order valence-electron chi connectivity index (χ3n) is 4.23. The predicted molar refractivity (Wildman–Crippen MR) is 105 cm³/mol. The van der Waals surface area contributed by atoms with E-state index >= 15 is 0 Å². The molecule has 144 valence electrons. The van der Waals surface area contributed by atoms with Crippen LogP contribution in [0.2, 0.25) is 0 Å². The summed E-state index contributed by atoms with van der Waals surface area (Å²) in [5.41, 5.74) is 2.70. The molecule has 0 saturated carbocycles. The summed E-state index contributed by atoms with van der Waals surface area (Å²) in [6.45, 7) is 2.92. The number of benzene rings is 2.